The summed E-state index contributed by atoms with van der Waals surface area (Å²) in [7, 11) is 4.01. The Balaban J connectivity index is 2.30. The Morgan fingerprint density at radius 2 is 2.00 bits per heavy atom. The number of carbonyl (C=O) groups is 1. The smallest absolute Gasteiger partial charge is 0.184 e. The van der Waals surface area contributed by atoms with E-state index in [1.165, 1.54) is 6.42 Å². The van der Waals surface area contributed by atoms with Crippen molar-refractivity contribution in [3.63, 3.8) is 0 Å². The fraction of sp³-hybridized carbons (Fsp3) is 0.625. The van der Waals surface area contributed by atoms with Crippen molar-refractivity contribution >= 4 is 5.78 Å². The molecule has 1 heterocycles. The minimum atomic E-state index is -0.370. The SMILES string of the molecule is CCOc1cncc(C(=O)C2(N(C)C)CCCCC2)c1. The summed E-state index contributed by atoms with van der Waals surface area (Å²) in [5.41, 5.74) is 0.289. The van der Waals surface area contributed by atoms with Crippen LogP contribution in [0.3, 0.4) is 0 Å². The number of carbonyl (C=O) groups excluding carboxylic acids is 1. The first-order valence-electron chi connectivity index (χ1n) is 7.40. The number of ether oxygens (including phenoxy) is 1. The number of pyridine rings is 1. The van der Waals surface area contributed by atoms with Crippen LogP contribution in [0.2, 0.25) is 0 Å². The van der Waals surface area contributed by atoms with Gasteiger partial charge in [0.05, 0.1) is 18.3 Å². The summed E-state index contributed by atoms with van der Waals surface area (Å²) in [6.45, 7) is 2.51. The van der Waals surface area contributed by atoms with Crippen molar-refractivity contribution < 1.29 is 9.53 Å². The zero-order valence-corrected chi connectivity index (χ0v) is 12.7. The maximum atomic E-state index is 13.0. The molecule has 1 aromatic rings. The fourth-order valence-corrected chi connectivity index (χ4v) is 3.07. The second-order valence-electron chi connectivity index (χ2n) is 5.66. The van der Waals surface area contributed by atoms with Crippen molar-refractivity contribution in [3.05, 3.63) is 24.0 Å². The average Bonchev–Trinajstić information content (AvgIpc) is 2.47. The largest absolute Gasteiger partial charge is 0.492 e. The number of aromatic nitrogens is 1. The second-order valence-corrected chi connectivity index (χ2v) is 5.66. The Morgan fingerprint density at radius 3 is 2.60 bits per heavy atom. The molecule has 1 saturated carbocycles. The van der Waals surface area contributed by atoms with Crippen LogP contribution >= 0.6 is 0 Å². The van der Waals surface area contributed by atoms with E-state index in [0.717, 1.165) is 25.7 Å². The van der Waals surface area contributed by atoms with Crippen molar-refractivity contribution in [2.45, 2.75) is 44.6 Å². The number of nitrogens with zero attached hydrogens (tertiary/aromatic N) is 2. The van der Waals surface area contributed by atoms with Gasteiger partial charge in [-0.25, -0.2) is 0 Å². The van der Waals surface area contributed by atoms with Gasteiger partial charge in [-0.05, 0) is 39.9 Å². The predicted octanol–water partition coefficient (Wildman–Crippen LogP) is 2.93. The summed E-state index contributed by atoms with van der Waals surface area (Å²) in [5.74, 6) is 0.847. The molecule has 1 aromatic heterocycles. The number of Topliss-reactive ketones (excluding diaryl/α,β-unsaturated/α-hetero) is 1. The van der Waals surface area contributed by atoms with E-state index < -0.39 is 0 Å². The molecule has 20 heavy (non-hydrogen) atoms. The van der Waals surface area contributed by atoms with E-state index in [9.17, 15) is 4.79 Å². The third-order valence-electron chi connectivity index (χ3n) is 4.25. The van der Waals surface area contributed by atoms with Gasteiger partial charge >= 0.3 is 0 Å². The van der Waals surface area contributed by atoms with E-state index in [1.54, 1.807) is 12.4 Å². The zero-order valence-electron chi connectivity index (χ0n) is 12.7. The normalized spacial score (nSPS) is 18.0. The molecule has 2 rings (SSSR count). The lowest BCUT2D eigenvalue weighted by Gasteiger charge is -2.41. The van der Waals surface area contributed by atoms with E-state index in [-0.39, 0.29) is 11.3 Å². The molecular formula is C16H24N2O2. The van der Waals surface area contributed by atoms with Gasteiger partial charge < -0.3 is 4.74 Å². The highest BCUT2D eigenvalue weighted by Gasteiger charge is 2.41. The zero-order chi connectivity index (χ0) is 14.6. The van der Waals surface area contributed by atoms with Crippen molar-refractivity contribution in [2.24, 2.45) is 0 Å². The highest BCUT2D eigenvalue weighted by atomic mass is 16.5. The summed E-state index contributed by atoms with van der Waals surface area (Å²) >= 11 is 0. The molecule has 0 aliphatic heterocycles. The van der Waals surface area contributed by atoms with Crippen LogP contribution in [0.1, 0.15) is 49.4 Å². The van der Waals surface area contributed by atoms with Crippen molar-refractivity contribution in [3.8, 4) is 5.75 Å². The van der Waals surface area contributed by atoms with Crippen molar-refractivity contribution in [1.29, 1.82) is 0 Å². The van der Waals surface area contributed by atoms with Gasteiger partial charge in [0.2, 0.25) is 0 Å². The van der Waals surface area contributed by atoms with Crippen molar-refractivity contribution in [1.82, 2.24) is 9.88 Å². The predicted molar refractivity (Wildman–Crippen MR) is 79.2 cm³/mol. The molecular weight excluding hydrogens is 252 g/mol. The van der Waals surface area contributed by atoms with Crippen molar-refractivity contribution in [2.75, 3.05) is 20.7 Å². The van der Waals surface area contributed by atoms with Gasteiger partial charge in [-0.1, -0.05) is 19.3 Å². The molecule has 0 atom stereocenters. The van der Waals surface area contributed by atoms with Crippen LogP contribution in [0, 0.1) is 0 Å². The van der Waals surface area contributed by atoms with E-state index in [4.69, 9.17) is 4.74 Å². The minimum absolute atomic E-state index is 0.177. The van der Waals surface area contributed by atoms with Gasteiger partial charge in [-0.15, -0.1) is 0 Å². The topological polar surface area (TPSA) is 42.4 Å². The van der Waals surface area contributed by atoms with Gasteiger partial charge in [0.1, 0.15) is 5.75 Å². The Hall–Kier alpha value is -1.42. The van der Waals surface area contributed by atoms with Crippen LogP contribution in [0.4, 0.5) is 0 Å². The molecule has 0 bridgehead atoms. The number of hydrogen-bond acceptors (Lipinski definition) is 4. The summed E-state index contributed by atoms with van der Waals surface area (Å²) in [5, 5.41) is 0. The first-order valence-corrected chi connectivity index (χ1v) is 7.40. The molecule has 4 nitrogen and oxygen atoms in total. The Kier molecular flexibility index (Phi) is 4.76. The lowest BCUT2D eigenvalue weighted by Crippen LogP contribution is -2.52. The molecule has 0 N–H and O–H groups in total. The summed E-state index contributed by atoms with van der Waals surface area (Å²) < 4.78 is 5.45. The minimum Gasteiger partial charge on any atom is -0.492 e. The molecule has 1 aliphatic carbocycles. The second kappa shape index (κ2) is 6.35. The molecule has 0 aromatic carbocycles. The highest BCUT2D eigenvalue weighted by molar-refractivity contribution is 6.03. The maximum Gasteiger partial charge on any atom is 0.184 e. The number of hydrogen-bond donors (Lipinski definition) is 0. The lowest BCUT2D eigenvalue weighted by molar-refractivity contribution is 0.0563. The average molecular weight is 276 g/mol. The molecule has 4 heteroatoms. The molecule has 1 aliphatic rings. The molecule has 0 amide bonds. The van der Waals surface area contributed by atoms with Crippen LogP contribution in [0.25, 0.3) is 0 Å². The first-order chi connectivity index (χ1) is 9.60. The van der Waals surface area contributed by atoms with Gasteiger partial charge in [-0.2, -0.15) is 0 Å². The summed E-state index contributed by atoms with van der Waals surface area (Å²) in [4.78, 5) is 19.2. The quantitative estimate of drug-likeness (QED) is 0.775. The number of ketones is 1. The highest BCUT2D eigenvalue weighted by Crippen LogP contribution is 2.35. The van der Waals surface area contributed by atoms with Gasteiger partial charge in [0.15, 0.2) is 5.78 Å². The Bertz CT molecular complexity index is 465. The van der Waals surface area contributed by atoms with Gasteiger partial charge in [-0.3, -0.25) is 14.7 Å². The molecule has 110 valence electrons. The van der Waals surface area contributed by atoms with E-state index in [0.29, 0.717) is 17.9 Å². The van der Waals surface area contributed by atoms with Gasteiger partial charge in [0, 0.05) is 11.8 Å². The summed E-state index contributed by atoms with van der Waals surface area (Å²) in [6.07, 6.45) is 8.62. The van der Waals surface area contributed by atoms with E-state index in [2.05, 4.69) is 9.88 Å². The maximum absolute atomic E-state index is 13.0. The van der Waals surface area contributed by atoms with Crippen LogP contribution in [0.15, 0.2) is 18.5 Å². The number of rotatable bonds is 5. The molecule has 1 fully saturated rings. The third-order valence-corrected chi connectivity index (χ3v) is 4.25. The fourth-order valence-electron chi connectivity index (χ4n) is 3.07. The Labute approximate surface area is 121 Å². The number of likely N-dealkylation sites (N-methyl/N-ethyl adjacent to an activating group) is 1. The van der Waals surface area contributed by atoms with Crippen LogP contribution in [-0.2, 0) is 0 Å². The molecule has 0 saturated heterocycles. The van der Waals surface area contributed by atoms with Crippen LogP contribution < -0.4 is 4.74 Å². The van der Waals surface area contributed by atoms with E-state index >= 15 is 0 Å². The summed E-state index contributed by atoms with van der Waals surface area (Å²) in [6, 6.07) is 1.82. The Morgan fingerprint density at radius 1 is 1.30 bits per heavy atom. The van der Waals surface area contributed by atoms with Gasteiger partial charge in [0.25, 0.3) is 0 Å². The first kappa shape index (κ1) is 15.0. The molecule has 0 unspecified atom stereocenters. The molecule has 0 spiro atoms. The third kappa shape index (κ3) is 2.85. The standard InChI is InChI=1S/C16H24N2O2/c1-4-20-14-10-13(11-17-12-14)15(19)16(18(2)3)8-6-5-7-9-16/h10-12H,4-9H2,1-3H3. The van der Waals surface area contributed by atoms with Crippen LogP contribution in [-0.4, -0.2) is 41.9 Å². The van der Waals surface area contributed by atoms with Crippen LogP contribution in [0.5, 0.6) is 5.75 Å². The lowest BCUT2D eigenvalue weighted by atomic mass is 9.76. The molecule has 0 radical (unpaired) electrons. The van der Waals surface area contributed by atoms with E-state index in [1.807, 2.05) is 27.1 Å². The monoisotopic (exact) mass is 276 g/mol.